The second kappa shape index (κ2) is 12.0. The number of hydrogen-bond donors (Lipinski definition) is 3. The average molecular weight is 554 g/mol. The summed E-state index contributed by atoms with van der Waals surface area (Å²) in [4.78, 5) is 24.9. The number of carbonyl (C=O) groups excluding carboxylic acids is 2. The molecule has 0 aromatic heterocycles. The number of esters is 1. The van der Waals surface area contributed by atoms with Crippen LogP contribution in [0.3, 0.4) is 0 Å². The van der Waals surface area contributed by atoms with E-state index in [9.17, 15) is 9.59 Å². The van der Waals surface area contributed by atoms with E-state index in [1.165, 1.54) is 19.3 Å². The number of amidine groups is 1. The van der Waals surface area contributed by atoms with Crippen molar-refractivity contribution >= 4 is 30.1 Å². The molecule has 1 saturated heterocycles. The van der Waals surface area contributed by atoms with Crippen LogP contribution in [-0.2, 0) is 14.3 Å². The van der Waals surface area contributed by atoms with Gasteiger partial charge >= 0.3 is 5.97 Å². The molecular formula is C31H40ClN3O4. The largest absolute Gasteiger partial charge is 0.491 e. The number of nitrogens with two attached hydrogens (primary N) is 1. The molecule has 0 radical (unpaired) electrons. The molecule has 4 N–H and O–H groups in total. The van der Waals surface area contributed by atoms with Crippen molar-refractivity contribution in [2.45, 2.75) is 58.4 Å². The molecule has 8 heteroatoms. The Morgan fingerprint density at radius 3 is 2.33 bits per heavy atom. The van der Waals surface area contributed by atoms with E-state index < -0.39 is 0 Å². The van der Waals surface area contributed by atoms with Crippen molar-refractivity contribution in [3.63, 3.8) is 0 Å². The van der Waals surface area contributed by atoms with Gasteiger partial charge in [0.25, 0.3) is 0 Å². The lowest BCUT2D eigenvalue weighted by atomic mass is 9.45. The van der Waals surface area contributed by atoms with E-state index in [0.717, 1.165) is 35.1 Å². The van der Waals surface area contributed by atoms with Crippen LogP contribution in [0, 0.1) is 34.5 Å². The van der Waals surface area contributed by atoms with E-state index in [-0.39, 0.29) is 48.5 Å². The number of nitrogens with one attached hydrogen (secondary N) is 2. The highest BCUT2D eigenvalue weighted by atomic mass is 35.5. The molecule has 3 saturated carbocycles. The highest BCUT2D eigenvalue weighted by Crippen LogP contribution is 2.61. The Hall–Kier alpha value is -3.06. The number of amides is 1. The van der Waals surface area contributed by atoms with E-state index in [2.05, 4.69) is 19.2 Å². The van der Waals surface area contributed by atoms with E-state index in [1.807, 2.05) is 48.5 Å². The number of halogens is 1. The molecule has 1 aliphatic heterocycles. The van der Waals surface area contributed by atoms with Gasteiger partial charge in [-0.15, -0.1) is 12.4 Å². The first-order valence-electron chi connectivity index (χ1n) is 13.8. The molecule has 4 fully saturated rings. The van der Waals surface area contributed by atoms with E-state index >= 15 is 0 Å². The van der Waals surface area contributed by atoms with Gasteiger partial charge in [-0.3, -0.25) is 15.0 Å². The summed E-state index contributed by atoms with van der Waals surface area (Å²) in [5.74, 6) is 2.31. The molecule has 0 spiro atoms. The lowest BCUT2D eigenvalue weighted by Crippen LogP contribution is -2.52. The van der Waals surface area contributed by atoms with Crippen molar-refractivity contribution in [1.29, 1.82) is 5.41 Å². The summed E-state index contributed by atoms with van der Waals surface area (Å²) in [6.07, 6.45) is 5.50. The lowest BCUT2D eigenvalue weighted by molar-refractivity contribution is -0.149. The molecule has 1 amide bonds. The van der Waals surface area contributed by atoms with Crippen molar-refractivity contribution in [2.24, 2.45) is 34.8 Å². The molecule has 39 heavy (non-hydrogen) atoms. The Morgan fingerprint density at radius 2 is 1.72 bits per heavy atom. The van der Waals surface area contributed by atoms with Crippen LogP contribution in [0.1, 0.15) is 57.9 Å². The highest BCUT2D eigenvalue weighted by molar-refractivity contribution is 5.95. The Bertz CT molecular complexity index is 1180. The molecular weight excluding hydrogens is 514 g/mol. The summed E-state index contributed by atoms with van der Waals surface area (Å²) in [7, 11) is 0. The number of fused-ring (bicyclic) bond motifs is 2. The summed E-state index contributed by atoms with van der Waals surface area (Å²) >= 11 is 0. The van der Waals surface area contributed by atoms with Gasteiger partial charge in [0.1, 0.15) is 18.2 Å². The minimum absolute atomic E-state index is 0. The standard InChI is InChI=1S/C31H39N3O4.ClH/c1-31(2)24-10-7-21(27(31)17-24)13-14-37-28(35)16-23-15-25(34-30(23)36)18-38-26-11-8-20(9-12-26)19-3-5-22(6-4-19)29(32)33;/h3-6,8-9,11-12,21,23-25,27H,7,10,13-18H2,1-2H3,(H3,32,33)(H,34,36);1H/t21?,23-,24?,25-,27?;/m0./s1. The summed E-state index contributed by atoms with van der Waals surface area (Å²) in [5.41, 5.74) is 8.72. The van der Waals surface area contributed by atoms with Crippen LogP contribution in [0.15, 0.2) is 48.5 Å². The van der Waals surface area contributed by atoms with Gasteiger partial charge in [-0.1, -0.05) is 50.2 Å². The first-order chi connectivity index (χ1) is 18.2. The SMILES string of the molecule is CC1(C)C2CCC(CCOC(=O)C[C@@H]3C[C@@H](COc4ccc(-c5ccc(C(=N)N)cc5)cc4)NC3=O)C1C2.Cl. The Labute approximate surface area is 237 Å². The van der Waals surface area contributed by atoms with Gasteiger partial charge in [-0.05, 0) is 78.5 Å². The molecule has 4 aliphatic rings. The quantitative estimate of drug-likeness (QED) is 0.209. The smallest absolute Gasteiger partial charge is 0.306 e. The van der Waals surface area contributed by atoms with Crippen LogP contribution in [0.4, 0.5) is 0 Å². The van der Waals surface area contributed by atoms with Crippen LogP contribution in [0.2, 0.25) is 0 Å². The fourth-order valence-corrected chi connectivity index (χ4v) is 6.79. The lowest BCUT2D eigenvalue weighted by Gasteiger charge is -2.60. The van der Waals surface area contributed by atoms with Crippen molar-refractivity contribution in [3.05, 3.63) is 54.1 Å². The minimum Gasteiger partial charge on any atom is -0.491 e. The van der Waals surface area contributed by atoms with E-state index in [1.54, 1.807) is 0 Å². The predicted octanol–water partition coefficient (Wildman–Crippen LogP) is 5.34. The van der Waals surface area contributed by atoms with Gasteiger partial charge in [0.15, 0.2) is 0 Å². The number of hydrogen-bond acceptors (Lipinski definition) is 5. The Kier molecular flexibility index (Phi) is 8.90. The van der Waals surface area contributed by atoms with Crippen LogP contribution < -0.4 is 15.8 Å². The number of nitrogen functional groups attached to an aromatic ring is 1. The molecule has 2 aromatic carbocycles. The topological polar surface area (TPSA) is 114 Å². The molecule has 6 rings (SSSR count). The van der Waals surface area contributed by atoms with Gasteiger partial charge in [0.05, 0.1) is 25.0 Å². The van der Waals surface area contributed by atoms with Gasteiger partial charge in [-0.2, -0.15) is 0 Å². The zero-order valence-corrected chi connectivity index (χ0v) is 23.6. The molecule has 3 unspecified atom stereocenters. The molecule has 5 atom stereocenters. The summed E-state index contributed by atoms with van der Waals surface area (Å²) in [6, 6.07) is 15.1. The first kappa shape index (κ1) is 28.9. The van der Waals surface area contributed by atoms with Crippen molar-refractivity contribution in [3.8, 4) is 16.9 Å². The van der Waals surface area contributed by atoms with Crippen LogP contribution in [-0.4, -0.2) is 37.0 Å². The molecule has 3 aliphatic carbocycles. The fraction of sp³-hybridized carbons (Fsp3) is 0.516. The van der Waals surface area contributed by atoms with Crippen molar-refractivity contribution in [1.82, 2.24) is 5.32 Å². The highest BCUT2D eigenvalue weighted by Gasteiger charge is 2.53. The van der Waals surface area contributed by atoms with Crippen molar-refractivity contribution < 1.29 is 19.1 Å². The summed E-state index contributed by atoms with van der Waals surface area (Å²) in [5, 5.41) is 10.5. The van der Waals surface area contributed by atoms with Crippen LogP contribution in [0.25, 0.3) is 11.1 Å². The monoisotopic (exact) mass is 553 g/mol. The van der Waals surface area contributed by atoms with Gasteiger partial charge in [0, 0.05) is 5.56 Å². The van der Waals surface area contributed by atoms with Gasteiger partial charge in [-0.25, -0.2) is 0 Å². The van der Waals surface area contributed by atoms with Gasteiger partial charge in [0.2, 0.25) is 5.91 Å². The zero-order valence-electron chi connectivity index (χ0n) is 22.8. The second-order valence-electron chi connectivity index (χ2n) is 11.9. The summed E-state index contributed by atoms with van der Waals surface area (Å²) in [6.45, 7) is 5.58. The third kappa shape index (κ3) is 6.40. The molecule has 2 bridgehead atoms. The fourth-order valence-electron chi connectivity index (χ4n) is 6.79. The van der Waals surface area contributed by atoms with Crippen molar-refractivity contribution in [2.75, 3.05) is 13.2 Å². The third-order valence-corrected chi connectivity index (χ3v) is 9.29. The minimum atomic E-state index is -0.363. The summed E-state index contributed by atoms with van der Waals surface area (Å²) < 4.78 is 11.5. The first-order valence-corrected chi connectivity index (χ1v) is 13.8. The average Bonchev–Trinajstić information content (AvgIpc) is 3.26. The third-order valence-electron chi connectivity index (χ3n) is 9.29. The Balaban J connectivity index is 0.00000353. The number of rotatable bonds is 10. The molecule has 1 heterocycles. The number of carbonyl (C=O) groups is 2. The molecule has 7 nitrogen and oxygen atoms in total. The maximum atomic E-state index is 12.4. The Morgan fingerprint density at radius 1 is 1.05 bits per heavy atom. The maximum Gasteiger partial charge on any atom is 0.306 e. The number of ether oxygens (including phenoxy) is 2. The van der Waals surface area contributed by atoms with Crippen LogP contribution in [0.5, 0.6) is 5.75 Å². The predicted molar refractivity (Wildman–Crippen MR) is 154 cm³/mol. The number of benzene rings is 2. The van der Waals surface area contributed by atoms with Gasteiger partial charge < -0.3 is 20.5 Å². The zero-order chi connectivity index (χ0) is 26.9. The maximum absolute atomic E-state index is 12.4. The molecule has 210 valence electrons. The normalized spacial score (nSPS) is 26.5. The molecule has 2 aromatic rings. The van der Waals surface area contributed by atoms with Crippen LogP contribution >= 0.6 is 12.4 Å². The van der Waals surface area contributed by atoms with E-state index in [4.69, 9.17) is 20.6 Å². The second-order valence-corrected chi connectivity index (χ2v) is 11.9. The van der Waals surface area contributed by atoms with E-state index in [0.29, 0.717) is 36.5 Å².